The fourth-order valence-electron chi connectivity index (χ4n) is 1.49. The van der Waals surface area contributed by atoms with Crippen molar-refractivity contribution in [3.8, 4) is 0 Å². The number of carbonyl (C=O) groups excluding carboxylic acids is 2. The third-order valence-electron chi connectivity index (χ3n) is 2.34. The highest BCUT2D eigenvalue weighted by molar-refractivity contribution is 6.33. The maximum Gasteiger partial charge on any atom is 0.324 e. The molecule has 0 bridgehead atoms. The fourth-order valence-corrected chi connectivity index (χ4v) is 1.61. The lowest BCUT2D eigenvalue weighted by Crippen LogP contribution is -2.30. The smallest absolute Gasteiger partial charge is 0.324 e. The number of nitrogen functional groups attached to an aromatic ring is 1. The van der Waals surface area contributed by atoms with Gasteiger partial charge in [-0.3, -0.25) is 9.69 Å². The molecule has 0 spiro atoms. The Balaban J connectivity index is 2.17. The first-order valence-electron chi connectivity index (χ1n) is 4.70. The molecule has 0 saturated carbocycles. The summed E-state index contributed by atoms with van der Waals surface area (Å²) in [6.07, 6.45) is 0. The number of imide groups is 1. The molecule has 1 saturated heterocycles. The Morgan fingerprint density at radius 1 is 1.44 bits per heavy atom. The quantitative estimate of drug-likeness (QED) is 0.597. The molecular formula is C10H10ClN3O2. The minimum Gasteiger partial charge on any atom is -0.398 e. The number of rotatable bonds is 2. The molecule has 1 aliphatic heterocycles. The molecule has 0 unspecified atom stereocenters. The van der Waals surface area contributed by atoms with Crippen molar-refractivity contribution >= 4 is 29.2 Å². The van der Waals surface area contributed by atoms with Crippen molar-refractivity contribution in [3.63, 3.8) is 0 Å². The van der Waals surface area contributed by atoms with Gasteiger partial charge in [0, 0.05) is 0 Å². The molecule has 16 heavy (non-hydrogen) atoms. The minimum absolute atomic E-state index is 0.0574. The van der Waals surface area contributed by atoms with Crippen LogP contribution < -0.4 is 11.1 Å². The third kappa shape index (κ3) is 1.94. The van der Waals surface area contributed by atoms with Crippen LogP contribution in [-0.4, -0.2) is 23.4 Å². The zero-order valence-electron chi connectivity index (χ0n) is 8.37. The van der Waals surface area contributed by atoms with Crippen LogP contribution in [0, 0.1) is 0 Å². The van der Waals surface area contributed by atoms with E-state index >= 15 is 0 Å². The summed E-state index contributed by atoms with van der Waals surface area (Å²) in [6, 6.07) is 4.65. The molecule has 3 N–H and O–H groups in total. The average Bonchev–Trinajstić information content (AvgIpc) is 2.55. The molecule has 1 aliphatic rings. The van der Waals surface area contributed by atoms with Gasteiger partial charge in [0.2, 0.25) is 5.91 Å². The van der Waals surface area contributed by atoms with E-state index in [2.05, 4.69) is 5.32 Å². The number of benzene rings is 1. The highest BCUT2D eigenvalue weighted by Crippen LogP contribution is 2.20. The predicted molar refractivity (Wildman–Crippen MR) is 59.8 cm³/mol. The van der Waals surface area contributed by atoms with E-state index in [0.29, 0.717) is 10.7 Å². The topological polar surface area (TPSA) is 75.4 Å². The number of urea groups is 1. The molecule has 3 amide bonds. The van der Waals surface area contributed by atoms with Gasteiger partial charge in [0.05, 0.1) is 23.8 Å². The number of halogens is 1. The zero-order valence-corrected chi connectivity index (χ0v) is 9.12. The first-order chi connectivity index (χ1) is 7.58. The first kappa shape index (κ1) is 10.8. The standard InChI is InChI=1S/C10H10ClN3O2/c11-7-2-1-6(3-8(7)12)5-14-9(15)4-13-10(14)16/h1-3H,4-5,12H2,(H,13,16). The lowest BCUT2D eigenvalue weighted by Gasteiger charge is -2.12. The molecular weight excluding hydrogens is 230 g/mol. The van der Waals surface area contributed by atoms with Crippen LogP contribution in [0.2, 0.25) is 5.02 Å². The number of carbonyl (C=O) groups is 2. The van der Waals surface area contributed by atoms with E-state index in [4.69, 9.17) is 17.3 Å². The van der Waals surface area contributed by atoms with Gasteiger partial charge >= 0.3 is 6.03 Å². The van der Waals surface area contributed by atoms with E-state index in [-0.39, 0.29) is 25.0 Å². The van der Waals surface area contributed by atoms with Crippen LogP contribution in [0.5, 0.6) is 0 Å². The Kier molecular flexibility index (Phi) is 2.70. The number of nitrogens with two attached hydrogens (primary N) is 1. The second kappa shape index (κ2) is 4.02. The number of hydrogen-bond acceptors (Lipinski definition) is 3. The van der Waals surface area contributed by atoms with Gasteiger partial charge in [0.1, 0.15) is 0 Å². The molecule has 1 fully saturated rings. The molecule has 0 aliphatic carbocycles. The molecule has 6 heteroatoms. The Morgan fingerprint density at radius 2 is 2.19 bits per heavy atom. The molecule has 0 atom stereocenters. The van der Waals surface area contributed by atoms with Gasteiger partial charge in [-0.1, -0.05) is 17.7 Å². The molecule has 0 aromatic heterocycles. The second-order valence-electron chi connectivity index (χ2n) is 3.49. The van der Waals surface area contributed by atoms with Crippen molar-refractivity contribution in [3.05, 3.63) is 28.8 Å². The van der Waals surface area contributed by atoms with E-state index in [1.807, 2.05) is 0 Å². The van der Waals surface area contributed by atoms with Crippen molar-refractivity contribution in [1.82, 2.24) is 10.2 Å². The van der Waals surface area contributed by atoms with Crippen molar-refractivity contribution in [1.29, 1.82) is 0 Å². The molecule has 84 valence electrons. The van der Waals surface area contributed by atoms with Crippen molar-refractivity contribution in [2.24, 2.45) is 0 Å². The third-order valence-corrected chi connectivity index (χ3v) is 2.68. The van der Waals surface area contributed by atoms with Gasteiger partial charge < -0.3 is 11.1 Å². The number of nitrogens with zero attached hydrogens (tertiary/aromatic N) is 1. The van der Waals surface area contributed by atoms with Gasteiger partial charge in [0.15, 0.2) is 0 Å². The van der Waals surface area contributed by atoms with Gasteiger partial charge in [-0.25, -0.2) is 4.79 Å². The molecule has 1 heterocycles. The Bertz CT molecular complexity index is 445. The first-order valence-corrected chi connectivity index (χ1v) is 5.08. The van der Waals surface area contributed by atoms with Gasteiger partial charge in [-0.05, 0) is 17.7 Å². The number of hydrogen-bond donors (Lipinski definition) is 2. The summed E-state index contributed by atoms with van der Waals surface area (Å²) in [7, 11) is 0. The molecule has 2 rings (SSSR count). The van der Waals surface area contributed by atoms with Crippen molar-refractivity contribution in [2.75, 3.05) is 12.3 Å². The number of anilines is 1. The highest BCUT2D eigenvalue weighted by Gasteiger charge is 2.28. The average molecular weight is 240 g/mol. The Labute approximate surface area is 97.2 Å². The molecule has 0 radical (unpaired) electrons. The van der Waals surface area contributed by atoms with E-state index in [9.17, 15) is 9.59 Å². The van der Waals surface area contributed by atoms with Crippen LogP contribution in [0.3, 0.4) is 0 Å². The van der Waals surface area contributed by atoms with Crippen LogP contribution in [-0.2, 0) is 11.3 Å². The van der Waals surface area contributed by atoms with E-state index < -0.39 is 0 Å². The van der Waals surface area contributed by atoms with Gasteiger partial charge in [-0.2, -0.15) is 0 Å². The minimum atomic E-state index is -0.376. The van der Waals surface area contributed by atoms with Crippen LogP contribution in [0.1, 0.15) is 5.56 Å². The summed E-state index contributed by atoms with van der Waals surface area (Å²) in [6.45, 7) is 0.272. The maximum atomic E-state index is 11.3. The lowest BCUT2D eigenvalue weighted by atomic mass is 10.2. The number of amides is 3. The van der Waals surface area contributed by atoms with E-state index in [0.717, 1.165) is 10.5 Å². The van der Waals surface area contributed by atoms with Crippen LogP contribution >= 0.6 is 11.6 Å². The second-order valence-corrected chi connectivity index (χ2v) is 3.90. The van der Waals surface area contributed by atoms with Gasteiger partial charge in [0.25, 0.3) is 0 Å². The summed E-state index contributed by atoms with van der Waals surface area (Å²) in [4.78, 5) is 23.7. The molecule has 1 aromatic carbocycles. The van der Waals surface area contributed by atoms with E-state index in [1.54, 1.807) is 18.2 Å². The summed E-state index contributed by atoms with van der Waals surface area (Å²) in [5.74, 6) is -0.237. The molecule has 1 aromatic rings. The lowest BCUT2D eigenvalue weighted by molar-refractivity contribution is -0.125. The predicted octanol–water partition coefficient (Wildman–Crippen LogP) is 0.974. The summed E-state index contributed by atoms with van der Waals surface area (Å²) in [5.41, 5.74) is 6.84. The Hall–Kier alpha value is -1.75. The summed E-state index contributed by atoms with van der Waals surface area (Å²) >= 11 is 5.77. The van der Waals surface area contributed by atoms with E-state index in [1.165, 1.54) is 0 Å². The van der Waals surface area contributed by atoms with Crippen LogP contribution in [0.25, 0.3) is 0 Å². The largest absolute Gasteiger partial charge is 0.398 e. The van der Waals surface area contributed by atoms with Crippen molar-refractivity contribution < 1.29 is 9.59 Å². The normalized spacial score (nSPS) is 15.4. The molecule has 5 nitrogen and oxygen atoms in total. The Morgan fingerprint density at radius 3 is 2.75 bits per heavy atom. The summed E-state index contributed by atoms with van der Waals surface area (Å²) in [5, 5.41) is 2.90. The number of nitrogens with one attached hydrogen (secondary N) is 1. The zero-order chi connectivity index (χ0) is 11.7. The maximum absolute atomic E-state index is 11.3. The van der Waals surface area contributed by atoms with Crippen molar-refractivity contribution in [2.45, 2.75) is 6.54 Å². The highest BCUT2D eigenvalue weighted by atomic mass is 35.5. The monoisotopic (exact) mass is 239 g/mol. The van der Waals surface area contributed by atoms with Gasteiger partial charge in [-0.15, -0.1) is 0 Å². The fraction of sp³-hybridized carbons (Fsp3) is 0.200. The SMILES string of the molecule is Nc1cc(CN2C(=O)CNC2=O)ccc1Cl. The summed E-state index contributed by atoms with van der Waals surface area (Å²) < 4.78 is 0. The van der Waals surface area contributed by atoms with Crippen LogP contribution in [0.15, 0.2) is 18.2 Å². The van der Waals surface area contributed by atoms with Crippen LogP contribution in [0.4, 0.5) is 10.5 Å².